The number of carbonyl (C=O) groups excluding carboxylic acids is 3. The summed E-state index contributed by atoms with van der Waals surface area (Å²) in [6.45, 7) is 7.65. The fraction of sp³-hybridized carbons (Fsp3) is 0.667. The number of quaternary nitrogens is 2. The molecule has 0 atom stereocenters. The maximum atomic E-state index is 11.6. The first-order valence-electron chi connectivity index (χ1n) is 6.90. The Morgan fingerprint density at radius 1 is 1.25 bits per heavy atom. The Balaban J connectivity index is 1.87. The van der Waals surface area contributed by atoms with E-state index in [4.69, 9.17) is 0 Å². The third kappa shape index (κ3) is 3.61. The molecule has 20 heavy (non-hydrogen) atoms. The van der Waals surface area contributed by atoms with Crippen LogP contribution in [0, 0.1) is 5.92 Å². The molecule has 2 rings (SSSR count). The second-order valence-electron chi connectivity index (χ2n) is 5.13. The van der Waals surface area contributed by atoms with Gasteiger partial charge >= 0.3 is 6.03 Å². The SMILES string of the molecule is CC(=NCC[NH+]1CC[NH2+]CC1)C1C(=O)NC(=O)NC1=O. The number of rotatable bonds is 4. The summed E-state index contributed by atoms with van der Waals surface area (Å²) in [5, 5.41) is 6.46. The molecule has 5 N–H and O–H groups in total. The van der Waals surface area contributed by atoms with Crippen LogP contribution in [0.15, 0.2) is 4.99 Å². The average molecular weight is 283 g/mol. The largest absolute Gasteiger partial charge is 0.337 e. The Bertz CT molecular complexity index is 422. The van der Waals surface area contributed by atoms with Gasteiger partial charge in [-0.2, -0.15) is 0 Å². The van der Waals surface area contributed by atoms with Crippen molar-refractivity contribution >= 4 is 23.6 Å². The molecule has 0 aliphatic carbocycles. The molecule has 0 aromatic rings. The summed E-state index contributed by atoms with van der Waals surface area (Å²) in [7, 11) is 0. The number of carbonyl (C=O) groups is 3. The number of piperazine rings is 1. The zero-order valence-electron chi connectivity index (χ0n) is 11.6. The molecule has 8 nitrogen and oxygen atoms in total. The fourth-order valence-electron chi connectivity index (χ4n) is 2.51. The summed E-state index contributed by atoms with van der Waals surface area (Å²) in [4.78, 5) is 40.1. The molecule has 4 amide bonds. The maximum Gasteiger partial charge on any atom is 0.328 e. The van der Waals surface area contributed by atoms with E-state index in [1.54, 1.807) is 6.92 Å². The number of aliphatic imine (C=N–C) groups is 1. The quantitative estimate of drug-likeness (QED) is 0.311. The highest BCUT2D eigenvalue weighted by Crippen LogP contribution is 2.05. The number of nitrogens with two attached hydrogens (primary N) is 1. The van der Waals surface area contributed by atoms with E-state index < -0.39 is 23.8 Å². The number of imide groups is 2. The second-order valence-corrected chi connectivity index (χ2v) is 5.13. The van der Waals surface area contributed by atoms with Crippen LogP contribution in [0.5, 0.6) is 0 Å². The highest BCUT2D eigenvalue weighted by Gasteiger charge is 2.36. The minimum Gasteiger partial charge on any atom is -0.337 e. The summed E-state index contributed by atoms with van der Waals surface area (Å²) in [6, 6.07) is -0.766. The zero-order chi connectivity index (χ0) is 14.5. The second kappa shape index (κ2) is 6.58. The van der Waals surface area contributed by atoms with Gasteiger partial charge in [0.2, 0.25) is 11.8 Å². The van der Waals surface area contributed by atoms with Gasteiger partial charge in [0.05, 0.1) is 13.1 Å². The van der Waals surface area contributed by atoms with E-state index in [-0.39, 0.29) is 0 Å². The summed E-state index contributed by atoms with van der Waals surface area (Å²) in [5.74, 6) is -2.18. The highest BCUT2D eigenvalue weighted by atomic mass is 16.2. The lowest BCUT2D eigenvalue weighted by Crippen LogP contribution is -3.20. The van der Waals surface area contributed by atoms with Gasteiger partial charge in [-0.05, 0) is 6.92 Å². The van der Waals surface area contributed by atoms with Gasteiger partial charge in [-0.25, -0.2) is 4.79 Å². The van der Waals surface area contributed by atoms with Crippen molar-refractivity contribution in [1.29, 1.82) is 0 Å². The van der Waals surface area contributed by atoms with E-state index in [1.807, 2.05) is 0 Å². The number of nitrogens with zero attached hydrogens (tertiary/aromatic N) is 1. The lowest BCUT2D eigenvalue weighted by Gasteiger charge is -2.22. The minimum absolute atomic E-state index is 0.454. The van der Waals surface area contributed by atoms with Gasteiger partial charge in [0, 0.05) is 5.71 Å². The van der Waals surface area contributed by atoms with Crippen molar-refractivity contribution in [3.63, 3.8) is 0 Å². The average Bonchev–Trinajstić information content (AvgIpc) is 2.38. The molecule has 0 aromatic heterocycles. The molecule has 0 saturated carbocycles. The third-order valence-corrected chi connectivity index (χ3v) is 3.65. The van der Waals surface area contributed by atoms with Crippen LogP contribution >= 0.6 is 0 Å². The van der Waals surface area contributed by atoms with Crippen LogP contribution in [0.2, 0.25) is 0 Å². The van der Waals surface area contributed by atoms with Crippen LogP contribution in [0.1, 0.15) is 6.92 Å². The van der Waals surface area contributed by atoms with Gasteiger partial charge in [-0.3, -0.25) is 25.2 Å². The smallest absolute Gasteiger partial charge is 0.328 e. The molecule has 0 aromatic carbocycles. The van der Waals surface area contributed by atoms with E-state index >= 15 is 0 Å². The summed E-state index contributed by atoms with van der Waals surface area (Å²) in [6.07, 6.45) is 0. The fourth-order valence-corrected chi connectivity index (χ4v) is 2.51. The topological polar surface area (TPSA) is 109 Å². The summed E-state index contributed by atoms with van der Waals surface area (Å²) < 4.78 is 0. The molecule has 0 radical (unpaired) electrons. The molecule has 2 aliphatic heterocycles. The predicted molar refractivity (Wildman–Crippen MR) is 70.4 cm³/mol. The molecule has 0 bridgehead atoms. The van der Waals surface area contributed by atoms with Crippen LogP contribution < -0.4 is 20.9 Å². The standard InChI is InChI=1S/C12H19N5O3/c1-8(9-10(18)15-12(20)16-11(9)19)14-4-7-17-5-2-13-3-6-17/h9,13H,2-7H2,1H3,(H2,15,16,18,19,20)/p+2. The Labute approximate surface area is 117 Å². The van der Waals surface area contributed by atoms with Crippen LogP contribution in [0.4, 0.5) is 4.79 Å². The number of barbiturate groups is 1. The molecular formula is C12H21N5O3+2. The first-order valence-corrected chi connectivity index (χ1v) is 6.90. The molecule has 0 spiro atoms. The summed E-state index contributed by atoms with van der Waals surface area (Å²) in [5.41, 5.74) is 0.454. The van der Waals surface area contributed by atoms with Crippen molar-refractivity contribution in [2.75, 3.05) is 39.3 Å². The molecular weight excluding hydrogens is 262 g/mol. The molecule has 2 heterocycles. The number of amides is 4. The molecule has 8 heteroatoms. The lowest BCUT2D eigenvalue weighted by molar-refractivity contribution is -0.945. The van der Waals surface area contributed by atoms with Gasteiger partial charge in [0.15, 0.2) is 5.92 Å². The maximum absolute atomic E-state index is 11.6. The molecule has 2 saturated heterocycles. The number of urea groups is 1. The molecule has 110 valence electrons. The van der Waals surface area contributed by atoms with Gasteiger partial charge < -0.3 is 10.2 Å². The van der Waals surface area contributed by atoms with Crippen LogP contribution in [-0.4, -0.2) is 62.8 Å². The Morgan fingerprint density at radius 2 is 1.85 bits per heavy atom. The third-order valence-electron chi connectivity index (χ3n) is 3.65. The minimum atomic E-state index is -0.989. The van der Waals surface area contributed by atoms with Crippen molar-refractivity contribution in [2.24, 2.45) is 10.9 Å². The van der Waals surface area contributed by atoms with Crippen LogP contribution in [0.3, 0.4) is 0 Å². The van der Waals surface area contributed by atoms with Gasteiger partial charge in [0.25, 0.3) is 0 Å². The van der Waals surface area contributed by atoms with E-state index in [0.717, 1.165) is 32.7 Å². The Morgan fingerprint density at radius 3 is 2.45 bits per heavy atom. The number of nitrogens with one attached hydrogen (secondary N) is 3. The van der Waals surface area contributed by atoms with Crippen LogP contribution in [-0.2, 0) is 9.59 Å². The van der Waals surface area contributed by atoms with Gasteiger partial charge in [-0.15, -0.1) is 0 Å². The van der Waals surface area contributed by atoms with E-state index in [0.29, 0.717) is 12.3 Å². The van der Waals surface area contributed by atoms with Gasteiger partial charge in [0.1, 0.15) is 26.2 Å². The number of hydrogen-bond donors (Lipinski definition) is 4. The highest BCUT2D eigenvalue weighted by molar-refractivity contribution is 6.27. The van der Waals surface area contributed by atoms with Crippen LogP contribution in [0.25, 0.3) is 0 Å². The Hall–Kier alpha value is -1.80. The monoisotopic (exact) mass is 283 g/mol. The zero-order valence-corrected chi connectivity index (χ0v) is 11.6. The van der Waals surface area contributed by atoms with Crippen molar-refractivity contribution in [2.45, 2.75) is 6.92 Å². The summed E-state index contributed by atoms with van der Waals surface area (Å²) >= 11 is 0. The molecule has 0 unspecified atom stereocenters. The van der Waals surface area contributed by atoms with E-state index in [1.165, 1.54) is 4.90 Å². The lowest BCUT2D eigenvalue weighted by atomic mass is 10.0. The van der Waals surface area contributed by atoms with E-state index in [9.17, 15) is 14.4 Å². The first-order chi connectivity index (χ1) is 9.58. The van der Waals surface area contributed by atoms with Crippen molar-refractivity contribution in [1.82, 2.24) is 10.6 Å². The predicted octanol–water partition coefficient (Wildman–Crippen LogP) is -4.11. The number of hydrogen-bond acceptors (Lipinski definition) is 4. The van der Waals surface area contributed by atoms with E-state index in [2.05, 4.69) is 20.9 Å². The van der Waals surface area contributed by atoms with Crippen molar-refractivity contribution in [3.8, 4) is 0 Å². The molecule has 2 fully saturated rings. The van der Waals surface area contributed by atoms with Gasteiger partial charge in [-0.1, -0.05) is 0 Å². The normalized spacial score (nSPS) is 22.6. The Kier molecular flexibility index (Phi) is 4.80. The first kappa shape index (κ1) is 14.6. The molecule has 2 aliphatic rings. The van der Waals surface area contributed by atoms with Crippen molar-refractivity contribution < 1.29 is 24.6 Å². The van der Waals surface area contributed by atoms with Crippen molar-refractivity contribution in [3.05, 3.63) is 0 Å².